The predicted molar refractivity (Wildman–Crippen MR) is 72.6 cm³/mol. The van der Waals surface area contributed by atoms with Gasteiger partial charge in [0.05, 0.1) is 6.04 Å². The fourth-order valence-electron chi connectivity index (χ4n) is 1.66. The van der Waals surface area contributed by atoms with Crippen molar-refractivity contribution in [1.29, 1.82) is 5.26 Å². The smallest absolute Gasteiger partial charge is 0.227 e. The summed E-state index contributed by atoms with van der Waals surface area (Å²) in [6, 6.07) is 8.06. The normalized spacial score (nSPS) is 11.9. The lowest BCUT2D eigenvalue weighted by molar-refractivity contribution is 0.724. The molecule has 4 nitrogen and oxygen atoms in total. The van der Waals surface area contributed by atoms with Gasteiger partial charge in [0.2, 0.25) is 5.95 Å². The Kier molecular flexibility index (Phi) is 3.58. The summed E-state index contributed by atoms with van der Waals surface area (Å²) in [5.74, 6) is 0.590. The van der Waals surface area contributed by atoms with E-state index in [1.165, 1.54) is 4.88 Å². The van der Waals surface area contributed by atoms with Crippen molar-refractivity contribution in [2.75, 3.05) is 11.9 Å². The van der Waals surface area contributed by atoms with Crippen LogP contribution in [0.3, 0.4) is 0 Å². The zero-order chi connectivity index (χ0) is 13.1. The van der Waals surface area contributed by atoms with Gasteiger partial charge in [-0.15, -0.1) is 11.3 Å². The number of thiophene rings is 1. The summed E-state index contributed by atoms with van der Waals surface area (Å²) in [5.41, 5.74) is 1.21. The van der Waals surface area contributed by atoms with E-state index < -0.39 is 0 Å². The molecule has 1 unspecified atom stereocenters. The van der Waals surface area contributed by atoms with E-state index in [0.717, 1.165) is 5.69 Å². The number of aromatic nitrogens is 2. The first-order valence-electron chi connectivity index (χ1n) is 5.64. The largest absolute Gasteiger partial charge is 0.336 e. The molecule has 2 aromatic rings. The third-order valence-corrected chi connectivity index (χ3v) is 3.85. The molecule has 0 aliphatic carbocycles. The van der Waals surface area contributed by atoms with E-state index in [1.54, 1.807) is 17.4 Å². The second-order valence-corrected chi connectivity index (χ2v) is 5.09. The molecule has 0 saturated heterocycles. The first-order valence-corrected chi connectivity index (χ1v) is 6.52. The zero-order valence-corrected chi connectivity index (χ0v) is 11.4. The van der Waals surface area contributed by atoms with Crippen LogP contribution in [0.4, 0.5) is 5.95 Å². The van der Waals surface area contributed by atoms with Crippen LogP contribution in [0.5, 0.6) is 0 Å². The molecule has 1 atom stereocenters. The van der Waals surface area contributed by atoms with Crippen LogP contribution >= 0.6 is 11.3 Å². The molecule has 0 amide bonds. The number of nitriles is 1. The molecule has 0 aliphatic rings. The van der Waals surface area contributed by atoms with Gasteiger partial charge in [-0.3, -0.25) is 0 Å². The van der Waals surface area contributed by atoms with Crippen molar-refractivity contribution in [1.82, 2.24) is 9.97 Å². The van der Waals surface area contributed by atoms with Crippen molar-refractivity contribution in [2.45, 2.75) is 19.9 Å². The summed E-state index contributed by atoms with van der Waals surface area (Å²) >= 11 is 1.71. The van der Waals surface area contributed by atoms with Crippen molar-refractivity contribution in [2.24, 2.45) is 0 Å². The van der Waals surface area contributed by atoms with Crippen LogP contribution in [-0.4, -0.2) is 17.0 Å². The highest BCUT2D eigenvalue weighted by Gasteiger charge is 2.16. The van der Waals surface area contributed by atoms with Crippen LogP contribution in [0.15, 0.2) is 23.6 Å². The standard InChI is InChI=1S/C13H14N4S/c1-9-7-11(8-14)16-13(15-9)17(3)10(2)12-5-4-6-18-12/h4-7,10H,1-3H3. The summed E-state index contributed by atoms with van der Waals surface area (Å²) < 4.78 is 0. The minimum Gasteiger partial charge on any atom is -0.336 e. The van der Waals surface area contributed by atoms with Crippen LogP contribution in [0.1, 0.15) is 29.2 Å². The van der Waals surface area contributed by atoms with E-state index in [9.17, 15) is 0 Å². The van der Waals surface area contributed by atoms with Gasteiger partial charge in [0, 0.05) is 17.6 Å². The predicted octanol–water partition coefficient (Wildman–Crippen LogP) is 2.92. The fourth-order valence-corrected chi connectivity index (χ4v) is 2.49. The highest BCUT2D eigenvalue weighted by molar-refractivity contribution is 7.10. The minimum atomic E-state index is 0.193. The van der Waals surface area contributed by atoms with Crippen LogP contribution in [0.25, 0.3) is 0 Å². The molecule has 0 aromatic carbocycles. The van der Waals surface area contributed by atoms with Gasteiger partial charge in [-0.1, -0.05) is 6.07 Å². The molecular formula is C13H14N4S. The average molecular weight is 258 g/mol. The van der Waals surface area contributed by atoms with Crippen molar-refractivity contribution in [3.8, 4) is 6.07 Å². The van der Waals surface area contributed by atoms with Gasteiger partial charge in [0.1, 0.15) is 11.8 Å². The SMILES string of the molecule is Cc1cc(C#N)nc(N(C)C(C)c2cccs2)n1. The Balaban J connectivity index is 2.31. The highest BCUT2D eigenvalue weighted by atomic mass is 32.1. The third kappa shape index (κ3) is 2.49. The molecule has 0 saturated carbocycles. The number of nitrogens with zero attached hydrogens (tertiary/aromatic N) is 4. The molecule has 0 bridgehead atoms. The first kappa shape index (κ1) is 12.5. The molecule has 2 rings (SSSR count). The number of hydrogen-bond donors (Lipinski definition) is 0. The Morgan fingerprint density at radius 1 is 1.44 bits per heavy atom. The first-order chi connectivity index (χ1) is 8.61. The Labute approximate surface area is 111 Å². The summed E-state index contributed by atoms with van der Waals surface area (Å²) in [7, 11) is 1.94. The molecule has 92 valence electrons. The van der Waals surface area contributed by atoms with E-state index in [4.69, 9.17) is 5.26 Å². The second kappa shape index (κ2) is 5.15. The maximum atomic E-state index is 8.93. The molecule has 5 heteroatoms. The molecular weight excluding hydrogens is 244 g/mol. The Morgan fingerprint density at radius 3 is 2.83 bits per heavy atom. The van der Waals surface area contributed by atoms with Crippen LogP contribution in [0.2, 0.25) is 0 Å². The van der Waals surface area contributed by atoms with Crippen molar-refractivity contribution in [3.63, 3.8) is 0 Å². The van der Waals surface area contributed by atoms with Crippen molar-refractivity contribution < 1.29 is 0 Å². The third-order valence-electron chi connectivity index (χ3n) is 2.81. The monoisotopic (exact) mass is 258 g/mol. The van der Waals surface area contributed by atoms with E-state index in [1.807, 2.05) is 24.9 Å². The van der Waals surface area contributed by atoms with E-state index >= 15 is 0 Å². The fraction of sp³-hybridized carbons (Fsp3) is 0.308. The van der Waals surface area contributed by atoms with Gasteiger partial charge in [0.15, 0.2) is 0 Å². The number of hydrogen-bond acceptors (Lipinski definition) is 5. The van der Waals surface area contributed by atoms with E-state index in [0.29, 0.717) is 11.6 Å². The van der Waals surface area contributed by atoms with Gasteiger partial charge in [-0.2, -0.15) is 5.26 Å². The number of aryl methyl sites for hydroxylation is 1. The van der Waals surface area contributed by atoms with Gasteiger partial charge < -0.3 is 4.90 Å². The quantitative estimate of drug-likeness (QED) is 0.849. The Morgan fingerprint density at radius 2 is 2.22 bits per heavy atom. The van der Waals surface area contributed by atoms with Crippen LogP contribution in [0, 0.1) is 18.3 Å². The topological polar surface area (TPSA) is 52.8 Å². The van der Waals surface area contributed by atoms with Gasteiger partial charge in [-0.25, -0.2) is 9.97 Å². The second-order valence-electron chi connectivity index (χ2n) is 4.11. The molecule has 18 heavy (non-hydrogen) atoms. The lowest BCUT2D eigenvalue weighted by Crippen LogP contribution is -2.23. The number of rotatable bonds is 3. The Hall–Kier alpha value is -1.93. The van der Waals surface area contributed by atoms with E-state index in [2.05, 4.69) is 34.4 Å². The maximum absolute atomic E-state index is 8.93. The molecule has 0 spiro atoms. The molecule has 0 radical (unpaired) electrons. The minimum absolute atomic E-state index is 0.193. The summed E-state index contributed by atoms with van der Waals surface area (Å²) in [5, 5.41) is 11.0. The lowest BCUT2D eigenvalue weighted by atomic mass is 10.2. The van der Waals surface area contributed by atoms with Gasteiger partial charge in [0.25, 0.3) is 0 Å². The van der Waals surface area contributed by atoms with Crippen LogP contribution < -0.4 is 4.90 Å². The maximum Gasteiger partial charge on any atom is 0.227 e. The zero-order valence-electron chi connectivity index (χ0n) is 10.6. The number of anilines is 1. The molecule has 0 fully saturated rings. The molecule has 2 aromatic heterocycles. The lowest BCUT2D eigenvalue weighted by Gasteiger charge is -2.24. The van der Waals surface area contributed by atoms with Gasteiger partial charge >= 0.3 is 0 Å². The van der Waals surface area contributed by atoms with Crippen molar-refractivity contribution in [3.05, 3.63) is 39.8 Å². The Bertz CT molecular complexity index is 571. The van der Waals surface area contributed by atoms with E-state index in [-0.39, 0.29) is 6.04 Å². The molecule has 0 aliphatic heterocycles. The van der Waals surface area contributed by atoms with Crippen LogP contribution in [-0.2, 0) is 0 Å². The molecule has 2 heterocycles. The molecule has 0 N–H and O–H groups in total. The van der Waals surface area contributed by atoms with Crippen molar-refractivity contribution >= 4 is 17.3 Å². The summed E-state index contributed by atoms with van der Waals surface area (Å²) in [6.45, 7) is 3.97. The summed E-state index contributed by atoms with van der Waals surface area (Å²) in [6.07, 6.45) is 0. The summed E-state index contributed by atoms with van der Waals surface area (Å²) in [4.78, 5) is 11.9. The highest BCUT2D eigenvalue weighted by Crippen LogP contribution is 2.26. The average Bonchev–Trinajstić information content (AvgIpc) is 2.90. The van der Waals surface area contributed by atoms with Gasteiger partial charge in [-0.05, 0) is 31.4 Å².